The monoisotopic (exact) mass is 432 g/mol. The second-order valence-corrected chi connectivity index (χ2v) is 7.81. The highest BCUT2D eigenvalue weighted by molar-refractivity contribution is 8.26. The molecule has 2 aromatic rings. The molecule has 1 aliphatic heterocycles. The Morgan fingerprint density at radius 1 is 1.21 bits per heavy atom. The number of benzene rings is 2. The van der Waals surface area contributed by atoms with Gasteiger partial charge in [0.05, 0.1) is 10.5 Å². The number of aromatic carboxylic acids is 1. The van der Waals surface area contributed by atoms with Crippen molar-refractivity contribution >= 4 is 69.4 Å². The molecule has 1 saturated heterocycles. The van der Waals surface area contributed by atoms with Gasteiger partial charge in [-0.25, -0.2) is 4.79 Å². The normalized spacial score (nSPS) is 15.2. The van der Waals surface area contributed by atoms with E-state index >= 15 is 0 Å². The summed E-state index contributed by atoms with van der Waals surface area (Å²) >= 11 is 12.4. The quantitative estimate of drug-likeness (QED) is 0.550. The number of rotatable bonds is 5. The molecule has 2 aromatic carbocycles. The lowest BCUT2D eigenvalue weighted by molar-refractivity contribution is -0.126. The molecular formula is C19H13ClN2O4S2. The summed E-state index contributed by atoms with van der Waals surface area (Å²) in [7, 11) is 0. The maximum absolute atomic E-state index is 12.6. The fourth-order valence-corrected chi connectivity index (χ4v) is 3.88. The van der Waals surface area contributed by atoms with E-state index in [4.69, 9.17) is 28.9 Å². The fraction of sp³-hybridized carbons (Fsp3) is 0.0526. The van der Waals surface area contributed by atoms with E-state index in [0.717, 1.165) is 11.8 Å². The van der Waals surface area contributed by atoms with Gasteiger partial charge in [0.2, 0.25) is 5.91 Å². The first-order valence-electron chi connectivity index (χ1n) is 7.98. The van der Waals surface area contributed by atoms with Crippen molar-refractivity contribution in [2.45, 2.75) is 0 Å². The van der Waals surface area contributed by atoms with Gasteiger partial charge in [-0.2, -0.15) is 0 Å². The van der Waals surface area contributed by atoms with Crippen LogP contribution in [0.25, 0.3) is 6.08 Å². The third kappa shape index (κ3) is 4.59. The van der Waals surface area contributed by atoms with Gasteiger partial charge in [0.15, 0.2) is 0 Å². The summed E-state index contributed by atoms with van der Waals surface area (Å²) in [5, 5.41) is 12.1. The molecule has 2 N–H and O–H groups in total. The number of carbonyl (C=O) groups is 3. The molecule has 0 radical (unpaired) electrons. The zero-order valence-electron chi connectivity index (χ0n) is 14.2. The van der Waals surface area contributed by atoms with Crippen molar-refractivity contribution in [1.82, 2.24) is 4.90 Å². The second kappa shape index (κ2) is 8.55. The minimum atomic E-state index is -1.10. The number of thioether (sulfide) groups is 1. The van der Waals surface area contributed by atoms with Crippen LogP contribution in [-0.4, -0.2) is 38.7 Å². The molecule has 0 aromatic heterocycles. The van der Waals surface area contributed by atoms with Gasteiger partial charge in [0.1, 0.15) is 10.9 Å². The Labute approximate surface area is 175 Å². The van der Waals surface area contributed by atoms with Crippen LogP contribution in [0.3, 0.4) is 0 Å². The zero-order chi connectivity index (χ0) is 20.3. The zero-order valence-corrected chi connectivity index (χ0v) is 16.6. The maximum Gasteiger partial charge on any atom is 0.335 e. The Morgan fingerprint density at radius 3 is 2.68 bits per heavy atom. The summed E-state index contributed by atoms with van der Waals surface area (Å²) in [5.41, 5.74) is 1.05. The highest BCUT2D eigenvalue weighted by Crippen LogP contribution is 2.33. The second-order valence-electron chi connectivity index (χ2n) is 5.72. The lowest BCUT2D eigenvalue weighted by Gasteiger charge is -2.14. The highest BCUT2D eigenvalue weighted by atomic mass is 35.5. The van der Waals surface area contributed by atoms with Crippen molar-refractivity contribution < 1.29 is 19.5 Å². The van der Waals surface area contributed by atoms with Crippen LogP contribution >= 0.6 is 35.6 Å². The number of thiocarbonyl (C=S) groups is 1. The molecule has 1 fully saturated rings. The van der Waals surface area contributed by atoms with Crippen LogP contribution in [0.1, 0.15) is 15.9 Å². The first-order chi connectivity index (χ1) is 13.3. The van der Waals surface area contributed by atoms with E-state index in [0.29, 0.717) is 21.2 Å². The number of anilines is 1. The summed E-state index contributed by atoms with van der Waals surface area (Å²) < 4.78 is 0.262. The predicted octanol–water partition coefficient (Wildman–Crippen LogP) is 3.88. The Morgan fingerprint density at radius 2 is 1.96 bits per heavy atom. The summed E-state index contributed by atoms with van der Waals surface area (Å²) in [6, 6.07) is 12.9. The number of amides is 2. The molecule has 3 rings (SSSR count). The number of halogens is 1. The lowest BCUT2D eigenvalue weighted by Crippen LogP contribution is -2.36. The van der Waals surface area contributed by atoms with Gasteiger partial charge in [-0.3, -0.25) is 14.5 Å². The molecule has 2 amide bonds. The van der Waals surface area contributed by atoms with E-state index in [-0.39, 0.29) is 22.3 Å². The van der Waals surface area contributed by atoms with Crippen LogP contribution in [0.5, 0.6) is 0 Å². The molecule has 0 spiro atoms. The van der Waals surface area contributed by atoms with Crippen LogP contribution in [-0.2, 0) is 9.59 Å². The van der Waals surface area contributed by atoms with Crippen LogP contribution in [0.4, 0.5) is 5.69 Å². The van der Waals surface area contributed by atoms with Gasteiger partial charge >= 0.3 is 5.97 Å². The number of hydrogen-bond donors (Lipinski definition) is 2. The Bertz CT molecular complexity index is 1020. The molecule has 0 aliphatic carbocycles. The first kappa shape index (κ1) is 20.1. The highest BCUT2D eigenvalue weighted by Gasteiger charge is 2.33. The van der Waals surface area contributed by atoms with E-state index in [1.807, 2.05) is 0 Å². The smallest absolute Gasteiger partial charge is 0.335 e. The van der Waals surface area contributed by atoms with Crippen molar-refractivity contribution in [1.29, 1.82) is 0 Å². The molecule has 0 atom stereocenters. The molecule has 0 unspecified atom stereocenters. The van der Waals surface area contributed by atoms with Crippen LogP contribution < -0.4 is 5.32 Å². The summed E-state index contributed by atoms with van der Waals surface area (Å²) in [6.45, 7) is -0.276. The van der Waals surface area contributed by atoms with Crippen molar-refractivity contribution in [2.24, 2.45) is 0 Å². The van der Waals surface area contributed by atoms with Gasteiger partial charge in [0.25, 0.3) is 5.91 Å². The number of nitrogens with zero attached hydrogens (tertiary/aromatic N) is 1. The van der Waals surface area contributed by atoms with Crippen LogP contribution in [0, 0.1) is 0 Å². The number of carbonyl (C=O) groups excluding carboxylic acids is 2. The van der Waals surface area contributed by atoms with Gasteiger partial charge < -0.3 is 10.4 Å². The predicted molar refractivity (Wildman–Crippen MR) is 113 cm³/mol. The molecule has 0 bridgehead atoms. The topological polar surface area (TPSA) is 86.7 Å². The molecule has 9 heteroatoms. The Balaban J connectivity index is 1.71. The standard InChI is InChI=1S/C19H13ClN2O4S2/c20-14-7-2-1-4-11(14)9-15-17(24)22(19(27)28-15)10-16(23)21-13-6-3-5-12(8-13)18(25)26/h1-9H,10H2,(H,21,23)(H,25,26). The van der Waals surface area contributed by atoms with Gasteiger partial charge in [-0.15, -0.1) is 0 Å². The van der Waals surface area contributed by atoms with Crippen molar-refractivity contribution in [3.05, 3.63) is 69.6 Å². The molecule has 1 heterocycles. The number of carboxylic acids is 1. The SMILES string of the molecule is O=C(CN1C(=O)C(=Cc2ccccc2Cl)SC1=S)Nc1cccc(C(=O)O)c1. The van der Waals surface area contributed by atoms with Crippen molar-refractivity contribution in [2.75, 3.05) is 11.9 Å². The molecule has 142 valence electrons. The van der Waals surface area contributed by atoms with Crippen LogP contribution in [0.15, 0.2) is 53.4 Å². The fourth-order valence-electron chi connectivity index (χ4n) is 2.44. The number of nitrogens with one attached hydrogen (secondary N) is 1. The number of carboxylic acid groups (broad SMARTS) is 1. The van der Waals surface area contributed by atoms with Crippen molar-refractivity contribution in [3.8, 4) is 0 Å². The summed E-state index contributed by atoms with van der Waals surface area (Å²) in [5.74, 6) is -1.97. The third-order valence-electron chi connectivity index (χ3n) is 3.76. The average Bonchev–Trinajstić information content (AvgIpc) is 2.91. The van der Waals surface area contributed by atoms with E-state index < -0.39 is 11.9 Å². The number of hydrogen-bond acceptors (Lipinski definition) is 5. The molecule has 28 heavy (non-hydrogen) atoms. The average molecular weight is 433 g/mol. The third-order valence-corrected chi connectivity index (χ3v) is 5.48. The molecule has 1 aliphatic rings. The van der Waals surface area contributed by atoms with E-state index in [1.54, 1.807) is 36.4 Å². The van der Waals surface area contributed by atoms with Crippen molar-refractivity contribution in [3.63, 3.8) is 0 Å². The summed E-state index contributed by atoms with van der Waals surface area (Å²) in [6.07, 6.45) is 1.63. The maximum atomic E-state index is 12.6. The van der Waals surface area contributed by atoms with E-state index in [9.17, 15) is 14.4 Å². The van der Waals surface area contributed by atoms with Gasteiger partial charge in [-0.1, -0.05) is 59.8 Å². The van der Waals surface area contributed by atoms with E-state index in [1.165, 1.54) is 23.1 Å². The van der Waals surface area contributed by atoms with Gasteiger partial charge in [-0.05, 0) is 35.9 Å². The van der Waals surface area contributed by atoms with E-state index in [2.05, 4.69) is 5.32 Å². The largest absolute Gasteiger partial charge is 0.478 e. The Hall–Kier alpha value is -2.68. The molecular weight excluding hydrogens is 420 g/mol. The molecule has 0 saturated carbocycles. The summed E-state index contributed by atoms with van der Waals surface area (Å²) in [4.78, 5) is 37.5. The first-order valence-corrected chi connectivity index (χ1v) is 9.58. The minimum absolute atomic E-state index is 0.0473. The molecule has 6 nitrogen and oxygen atoms in total. The Kier molecular flexibility index (Phi) is 6.13. The minimum Gasteiger partial charge on any atom is -0.478 e. The van der Waals surface area contributed by atoms with Gasteiger partial charge in [0, 0.05) is 10.7 Å². The van der Waals surface area contributed by atoms with Crippen LogP contribution in [0.2, 0.25) is 5.02 Å². The lowest BCUT2D eigenvalue weighted by atomic mass is 10.2.